The smallest absolute Gasteiger partial charge is 0.331 e. The predicted molar refractivity (Wildman–Crippen MR) is 127 cm³/mol. The van der Waals surface area contributed by atoms with Gasteiger partial charge in [-0.1, -0.05) is 40.9 Å². The van der Waals surface area contributed by atoms with Crippen LogP contribution >= 0.6 is 15.9 Å². The second-order valence-corrected chi connectivity index (χ2v) is 8.95. The van der Waals surface area contributed by atoms with Gasteiger partial charge in [0, 0.05) is 10.5 Å². The highest BCUT2D eigenvalue weighted by Gasteiger charge is 2.40. The van der Waals surface area contributed by atoms with Gasteiger partial charge >= 0.3 is 6.03 Å². The Morgan fingerprint density at radius 2 is 1.76 bits per heavy atom. The van der Waals surface area contributed by atoms with Crippen molar-refractivity contribution in [3.05, 3.63) is 63.4 Å². The highest BCUT2D eigenvalue weighted by atomic mass is 79.9. The molecule has 0 radical (unpaired) electrons. The van der Waals surface area contributed by atoms with E-state index in [4.69, 9.17) is 9.47 Å². The number of urea groups is 1. The molecule has 4 amide bonds. The van der Waals surface area contributed by atoms with Crippen LogP contribution in [0.3, 0.4) is 0 Å². The van der Waals surface area contributed by atoms with Crippen molar-refractivity contribution in [3.8, 4) is 11.5 Å². The summed E-state index contributed by atoms with van der Waals surface area (Å²) in [5.74, 6) is -0.782. The molecule has 0 unspecified atom stereocenters. The molecule has 2 aliphatic rings. The Kier molecular flexibility index (Phi) is 7.31. The first-order valence-corrected chi connectivity index (χ1v) is 11.9. The van der Waals surface area contributed by atoms with Crippen LogP contribution in [-0.4, -0.2) is 35.4 Å². The number of barbiturate groups is 1. The van der Waals surface area contributed by atoms with Crippen molar-refractivity contribution in [1.29, 1.82) is 0 Å². The van der Waals surface area contributed by atoms with Crippen LogP contribution in [0.1, 0.15) is 43.7 Å². The molecule has 4 rings (SSSR count). The monoisotopic (exact) mass is 530 g/mol. The third kappa shape index (κ3) is 5.14. The Balaban J connectivity index is 1.62. The average Bonchev–Trinajstić information content (AvgIpc) is 3.32. The van der Waals surface area contributed by atoms with Gasteiger partial charge in [0.1, 0.15) is 18.0 Å². The van der Waals surface area contributed by atoms with E-state index in [1.807, 2.05) is 6.92 Å². The molecule has 1 aliphatic carbocycles. The minimum atomic E-state index is -0.731. The van der Waals surface area contributed by atoms with Crippen LogP contribution in [0.4, 0.5) is 9.18 Å². The fraction of sp³-hybridized carbons (Fsp3) is 0.320. The molecule has 0 spiro atoms. The number of amides is 4. The van der Waals surface area contributed by atoms with Gasteiger partial charge in [-0.05, 0) is 61.2 Å². The SMILES string of the molecule is CCOc1cc(/C=C2\C(=O)NC(=O)N(C3CCCC3)C2=O)c(Br)cc1OCc1ccc(F)cc1. The highest BCUT2D eigenvalue weighted by Crippen LogP contribution is 2.36. The zero-order chi connectivity index (χ0) is 24.2. The van der Waals surface area contributed by atoms with Crippen molar-refractivity contribution in [2.24, 2.45) is 0 Å². The average molecular weight is 531 g/mol. The number of halogens is 2. The number of rotatable bonds is 7. The topological polar surface area (TPSA) is 84.9 Å². The molecule has 1 aliphatic heterocycles. The van der Waals surface area contributed by atoms with E-state index in [1.165, 1.54) is 18.2 Å². The van der Waals surface area contributed by atoms with Crippen molar-refractivity contribution in [2.75, 3.05) is 6.61 Å². The minimum Gasteiger partial charge on any atom is -0.490 e. The lowest BCUT2D eigenvalue weighted by atomic mass is 10.0. The molecular weight excluding hydrogens is 507 g/mol. The molecule has 1 N–H and O–H groups in total. The van der Waals surface area contributed by atoms with Gasteiger partial charge < -0.3 is 9.47 Å². The van der Waals surface area contributed by atoms with Crippen LogP contribution < -0.4 is 14.8 Å². The fourth-order valence-electron chi connectivity index (χ4n) is 4.10. The summed E-state index contributed by atoms with van der Waals surface area (Å²) in [4.78, 5) is 39.1. The number of carbonyl (C=O) groups excluding carboxylic acids is 3. The summed E-state index contributed by atoms with van der Waals surface area (Å²) in [5.41, 5.74) is 1.19. The van der Waals surface area contributed by atoms with E-state index in [1.54, 1.807) is 24.3 Å². The van der Waals surface area contributed by atoms with Crippen molar-refractivity contribution in [2.45, 2.75) is 45.3 Å². The summed E-state index contributed by atoms with van der Waals surface area (Å²) < 4.78 is 25.3. The van der Waals surface area contributed by atoms with Crippen molar-refractivity contribution >= 4 is 39.9 Å². The summed E-state index contributed by atoms with van der Waals surface area (Å²) in [6.45, 7) is 2.40. The molecule has 1 saturated heterocycles. The molecule has 0 aromatic heterocycles. The number of benzene rings is 2. The van der Waals surface area contributed by atoms with Crippen LogP contribution in [0.15, 0.2) is 46.4 Å². The Labute approximate surface area is 205 Å². The number of hydrogen-bond acceptors (Lipinski definition) is 5. The normalized spacial score (nSPS) is 17.9. The highest BCUT2D eigenvalue weighted by molar-refractivity contribution is 9.10. The maximum atomic E-state index is 13.1. The predicted octanol–water partition coefficient (Wildman–Crippen LogP) is 4.97. The van der Waals surface area contributed by atoms with E-state index in [-0.39, 0.29) is 24.0 Å². The van der Waals surface area contributed by atoms with Crippen LogP contribution in [0.5, 0.6) is 11.5 Å². The summed E-state index contributed by atoms with van der Waals surface area (Å²) >= 11 is 3.47. The van der Waals surface area contributed by atoms with Crippen LogP contribution in [0.2, 0.25) is 0 Å². The van der Waals surface area contributed by atoms with E-state index >= 15 is 0 Å². The molecule has 1 heterocycles. The van der Waals surface area contributed by atoms with Gasteiger partial charge in [0.15, 0.2) is 11.5 Å². The zero-order valence-electron chi connectivity index (χ0n) is 18.6. The minimum absolute atomic E-state index is 0.116. The van der Waals surface area contributed by atoms with E-state index in [0.29, 0.717) is 28.1 Å². The molecule has 2 aromatic rings. The first kappa shape index (κ1) is 23.9. The quantitative estimate of drug-likeness (QED) is 0.403. The van der Waals surface area contributed by atoms with Gasteiger partial charge in [0.05, 0.1) is 6.61 Å². The molecular formula is C25H24BrFN2O5. The van der Waals surface area contributed by atoms with E-state index in [9.17, 15) is 18.8 Å². The molecule has 9 heteroatoms. The number of nitrogens with one attached hydrogen (secondary N) is 1. The van der Waals surface area contributed by atoms with Gasteiger partial charge in [-0.25, -0.2) is 9.18 Å². The molecule has 0 bridgehead atoms. The van der Waals surface area contributed by atoms with Gasteiger partial charge in [-0.3, -0.25) is 19.8 Å². The standard InChI is InChI=1S/C25H24BrFN2O5/c1-2-33-21-12-16(20(26)13-22(21)34-14-15-7-9-17(27)10-8-15)11-19-23(30)28-25(32)29(24(19)31)18-5-3-4-6-18/h7-13,18H,2-6,14H2,1H3,(H,28,30,32)/b19-11+. The Morgan fingerprint density at radius 3 is 2.44 bits per heavy atom. The summed E-state index contributed by atoms with van der Waals surface area (Å²) in [7, 11) is 0. The summed E-state index contributed by atoms with van der Waals surface area (Å²) in [5, 5.41) is 2.28. The zero-order valence-corrected chi connectivity index (χ0v) is 20.2. The third-order valence-electron chi connectivity index (χ3n) is 5.79. The molecule has 1 saturated carbocycles. The van der Waals surface area contributed by atoms with Gasteiger partial charge in [-0.2, -0.15) is 0 Å². The Bertz CT molecular complexity index is 1140. The maximum absolute atomic E-state index is 13.1. The largest absolute Gasteiger partial charge is 0.490 e. The lowest BCUT2D eigenvalue weighted by Gasteiger charge is -2.31. The van der Waals surface area contributed by atoms with Gasteiger partial charge in [-0.15, -0.1) is 0 Å². The molecule has 178 valence electrons. The van der Waals surface area contributed by atoms with Crippen LogP contribution in [0.25, 0.3) is 6.08 Å². The van der Waals surface area contributed by atoms with E-state index in [0.717, 1.165) is 36.1 Å². The van der Waals surface area contributed by atoms with Gasteiger partial charge in [0.2, 0.25) is 0 Å². The Morgan fingerprint density at radius 1 is 1.09 bits per heavy atom. The number of ether oxygens (including phenoxy) is 2. The number of carbonyl (C=O) groups is 3. The molecule has 2 fully saturated rings. The molecule has 0 atom stereocenters. The van der Waals surface area contributed by atoms with E-state index in [2.05, 4.69) is 21.2 Å². The molecule has 34 heavy (non-hydrogen) atoms. The molecule has 2 aromatic carbocycles. The first-order valence-electron chi connectivity index (χ1n) is 11.1. The summed E-state index contributed by atoms with van der Waals surface area (Å²) in [6.07, 6.45) is 4.80. The second-order valence-electron chi connectivity index (χ2n) is 8.10. The van der Waals surface area contributed by atoms with Crippen molar-refractivity contribution in [1.82, 2.24) is 10.2 Å². The molecule has 7 nitrogen and oxygen atoms in total. The summed E-state index contributed by atoms with van der Waals surface area (Å²) in [6, 6.07) is 8.47. The first-order chi connectivity index (χ1) is 16.4. The van der Waals surface area contributed by atoms with E-state index < -0.39 is 17.8 Å². The Hall–Kier alpha value is -3.20. The van der Waals surface area contributed by atoms with Crippen LogP contribution in [-0.2, 0) is 16.2 Å². The maximum Gasteiger partial charge on any atom is 0.331 e. The lowest BCUT2D eigenvalue weighted by molar-refractivity contribution is -0.131. The van der Waals surface area contributed by atoms with Crippen molar-refractivity contribution in [3.63, 3.8) is 0 Å². The van der Waals surface area contributed by atoms with Crippen molar-refractivity contribution < 1.29 is 28.2 Å². The van der Waals surface area contributed by atoms with Gasteiger partial charge in [0.25, 0.3) is 11.8 Å². The van der Waals surface area contributed by atoms with Crippen LogP contribution in [0, 0.1) is 5.82 Å². The number of imide groups is 2. The number of hydrogen-bond donors (Lipinski definition) is 1. The fourth-order valence-corrected chi connectivity index (χ4v) is 4.54. The lowest BCUT2D eigenvalue weighted by Crippen LogP contribution is -2.57. The second kappa shape index (κ2) is 10.4. The third-order valence-corrected chi connectivity index (χ3v) is 6.48. The number of nitrogens with zero attached hydrogens (tertiary/aromatic N) is 1.